The van der Waals surface area contributed by atoms with Gasteiger partial charge in [0.1, 0.15) is 0 Å². The summed E-state index contributed by atoms with van der Waals surface area (Å²) in [5.41, 5.74) is 1.32. The zero-order chi connectivity index (χ0) is 14.5. The third-order valence-electron chi connectivity index (χ3n) is 2.86. The summed E-state index contributed by atoms with van der Waals surface area (Å²) in [6.45, 7) is 0.0197. The highest BCUT2D eigenvalue weighted by atomic mass is 16.2. The first-order valence-electron chi connectivity index (χ1n) is 6.18. The second kappa shape index (κ2) is 6.01. The molecule has 104 valence electrons. The van der Waals surface area contributed by atoms with Crippen molar-refractivity contribution in [1.29, 1.82) is 0 Å². The van der Waals surface area contributed by atoms with Crippen molar-refractivity contribution in [3.8, 4) is 5.69 Å². The van der Waals surface area contributed by atoms with Crippen LogP contribution in [0.4, 0.5) is 0 Å². The van der Waals surface area contributed by atoms with E-state index in [1.807, 2.05) is 30.3 Å². The third-order valence-corrected chi connectivity index (χ3v) is 2.86. The Hall–Kier alpha value is -2.63. The van der Waals surface area contributed by atoms with Gasteiger partial charge in [0.15, 0.2) is 0 Å². The average Bonchev–Trinajstić information content (AvgIpc) is 2.97. The Morgan fingerprint density at radius 3 is 2.65 bits per heavy atom. The minimum Gasteiger partial charge on any atom is -0.358 e. The standard InChI is InChI=1S/C14H16N4O2/c1-15-13(19)10-17(2)14(20)11-8-16-18(9-11)12-6-4-3-5-7-12/h3-9H,10H2,1-2H3,(H,15,19). The summed E-state index contributed by atoms with van der Waals surface area (Å²) in [5, 5.41) is 6.64. The summed E-state index contributed by atoms with van der Waals surface area (Å²) < 4.78 is 1.63. The number of rotatable bonds is 4. The Kier molecular flexibility index (Phi) is 4.14. The Bertz CT molecular complexity index is 607. The molecule has 0 saturated heterocycles. The molecule has 1 heterocycles. The maximum Gasteiger partial charge on any atom is 0.257 e. The Morgan fingerprint density at radius 1 is 1.30 bits per heavy atom. The van der Waals surface area contributed by atoms with Crippen LogP contribution in [0.3, 0.4) is 0 Å². The number of benzene rings is 1. The van der Waals surface area contributed by atoms with Gasteiger partial charge in [-0.05, 0) is 12.1 Å². The average molecular weight is 272 g/mol. The molecule has 2 amide bonds. The van der Waals surface area contributed by atoms with Crippen molar-refractivity contribution in [2.24, 2.45) is 0 Å². The summed E-state index contributed by atoms with van der Waals surface area (Å²) in [4.78, 5) is 24.7. The fraction of sp³-hybridized carbons (Fsp3) is 0.214. The van der Waals surface area contributed by atoms with Crippen LogP contribution in [-0.4, -0.2) is 47.1 Å². The summed E-state index contributed by atoms with van der Waals surface area (Å²) in [5.74, 6) is -0.452. The number of likely N-dealkylation sites (N-methyl/N-ethyl adjacent to an activating group) is 2. The van der Waals surface area contributed by atoms with Crippen LogP contribution in [-0.2, 0) is 4.79 Å². The minimum absolute atomic E-state index is 0.0197. The minimum atomic E-state index is -0.240. The zero-order valence-electron chi connectivity index (χ0n) is 11.4. The molecule has 0 unspecified atom stereocenters. The second-order valence-corrected chi connectivity index (χ2v) is 4.34. The summed E-state index contributed by atoms with van der Waals surface area (Å²) in [7, 11) is 3.12. The lowest BCUT2D eigenvalue weighted by atomic mass is 10.3. The van der Waals surface area contributed by atoms with E-state index < -0.39 is 0 Å². The predicted octanol–water partition coefficient (Wildman–Crippen LogP) is 0.690. The fourth-order valence-corrected chi connectivity index (χ4v) is 1.74. The van der Waals surface area contributed by atoms with Gasteiger partial charge in [0, 0.05) is 20.3 Å². The third kappa shape index (κ3) is 3.03. The highest BCUT2D eigenvalue weighted by molar-refractivity contribution is 5.95. The van der Waals surface area contributed by atoms with Gasteiger partial charge in [0.05, 0.1) is 24.0 Å². The number of para-hydroxylation sites is 1. The van der Waals surface area contributed by atoms with Crippen molar-refractivity contribution in [3.05, 3.63) is 48.3 Å². The van der Waals surface area contributed by atoms with Crippen LogP contribution >= 0.6 is 0 Å². The molecule has 1 aromatic heterocycles. The van der Waals surface area contributed by atoms with E-state index in [1.54, 1.807) is 17.9 Å². The summed E-state index contributed by atoms with van der Waals surface area (Å²) >= 11 is 0. The van der Waals surface area contributed by atoms with Gasteiger partial charge in [-0.25, -0.2) is 4.68 Å². The molecule has 0 bridgehead atoms. The molecule has 0 atom stereocenters. The van der Waals surface area contributed by atoms with Gasteiger partial charge in [-0.3, -0.25) is 9.59 Å². The van der Waals surface area contributed by atoms with Crippen molar-refractivity contribution in [2.75, 3.05) is 20.6 Å². The van der Waals surface area contributed by atoms with E-state index in [2.05, 4.69) is 10.4 Å². The van der Waals surface area contributed by atoms with E-state index >= 15 is 0 Å². The second-order valence-electron chi connectivity index (χ2n) is 4.34. The van der Waals surface area contributed by atoms with Gasteiger partial charge in [0.2, 0.25) is 5.91 Å². The van der Waals surface area contributed by atoms with Gasteiger partial charge in [-0.15, -0.1) is 0 Å². The molecule has 2 aromatic rings. The summed E-state index contributed by atoms with van der Waals surface area (Å²) in [6, 6.07) is 9.51. The lowest BCUT2D eigenvalue weighted by Gasteiger charge is -2.14. The first-order valence-corrected chi connectivity index (χ1v) is 6.18. The van der Waals surface area contributed by atoms with E-state index in [0.29, 0.717) is 5.56 Å². The molecule has 2 rings (SSSR count). The monoisotopic (exact) mass is 272 g/mol. The van der Waals surface area contributed by atoms with Crippen LogP contribution in [0.2, 0.25) is 0 Å². The molecule has 1 aromatic carbocycles. The van der Waals surface area contributed by atoms with Gasteiger partial charge in [0.25, 0.3) is 5.91 Å². The number of hydrogen-bond donors (Lipinski definition) is 1. The van der Waals surface area contributed by atoms with Crippen LogP contribution in [0.1, 0.15) is 10.4 Å². The number of hydrogen-bond acceptors (Lipinski definition) is 3. The number of nitrogens with zero attached hydrogens (tertiary/aromatic N) is 3. The van der Waals surface area contributed by atoms with Crippen LogP contribution in [0, 0.1) is 0 Å². The molecule has 0 saturated carbocycles. The molecule has 0 aliphatic carbocycles. The van der Waals surface area contributed by atoms with Crippen LogP contribution in [0.25, 0.3) is 5.69 Å². The van der Waals surface area contributed by atoms with E-state index in [4.69, 9.17) is 0 Å². The molecule has 0 spiro atoms. The highest BCUT2D eigenvalue weighted by Gasteiger charge is 2.16. The number of carbonyl (C=O) groups excluding carboxylic acids is 2. The van der Waals surface area contributed by atoms with Crippen molar-refractivity contribution >= 4 is 11.8 Å². The first kappa shape index (κ1) is 13.8. The molecule has 0 aliphatic rings. The maximum atomic E-state index is 12.1. The SMILES string of the molecule is CNC(=O)CN(C)C(=O)c1cnn(-c2ccccc2)c1. The van der Waals surface area contributed by atoms with Crippen molar-refractivity contribution in [1.82, 2.24) is 20.0 Å². The molecule has 6 nitrogen and oxygen atoms in total. The Balaban J connectivity index is 2.12. The largest absolute Gasteiger partial charge is 0.358 e. The van der Waals surface area contributed by atoms with E-state index in [9.17, 15) is 9.59 Å². The predicted molar refractivity (Wildman–Crippen MR) is 74.6 cm³/mol. The molecule has 0 fully saturated rings. The van der Waals surface area contributed by atoms with Crippen molar-refractivity contribution in [3.63, 3.8) is 0 Å². The molecular formula is C14H16N4O2. The number of amides is 2. The number of aromatic nitrogens is 2. The smallest absolute Gasteiger partial charge is 0.257 e. The molecule has 0 aliphatic heterocycles. The van der Waals surface area contributed by atoms with E-state index in [1.165, 1.54) is 18.1 Å². The van der Waals surface area contributed by atoms with Crippen molar-refractivity contribution in [2.45, 2.75) is 0 Å². The van der Waals surface area contributed by atoms with Crippen LogP contribution < -0.4 is 5.32 Å². The van der Waals surface area contributed by atoms with Crippen LogP contribution in [0.15, 0.2) is 42.7 Å². The molecular weight excluding hydrogens is 256 g/mol. The normalized spacial score (nSPS) is 10.1. The zero-order valence-corrected chi connectivity index (χ0v) is 11.4. The lowest BCUT2D eigenvalue weighted by molar-refractivity contribution is -0.121. The van der Waals surface area contributed by atoms with Gasteiger partial charge in [-0.1, -0.05) is 18.2 Å². The van der Waals surface area contributed by atoms with Crippen LogP contribution in [0.5, 0.6) is 0 Å². The number of carbonyl (C=O) groups is 2. The molecule has 0 radical (unpaired) electrons. The fourth-order valence-electron chi connectivity index (χ4n) is 1.74. The quantitative estimate of drug-likeness (QED) is 0.890. The van der Waals surface area contributed by atoms with E-state index in [0.717, 1.165) is 5.69 Å². The first-order chi connectivity index (χ1) is 9.61. The maximum absolute atomic E-state index is 12.1. The van der Waals surface area contributed by atoms with Crippen molar-refractivity contribution < 1.29 is 9.59 Å². The molecule has 20 heavy (non-hydrogen) atoms. The van der Waals surface area contributed by atoms with Gasteiger partial charge in [-0.2, -0.15) is 5.10 Å². The molecule has 1 N–H and O–H groups in total. The van der Waals surface area contributed by atoms with E-state index in [-0.39, 0.29) is 18.4 Å². The number of nitrogens with one attached hydrogen (secondary N) is 1. The Labute approximate surface area is 117 Å². The Morgan fingerprint density at radius 2 is 2.00 bits per heavy atom. The summed E-state index contributed by atoms with van der Waals surface area (Å²) in [6.07, 6.45) is 3.15. The molecule has 6 heteroatoms. The lowest BCUT2D eigenvalue weighted by Crippen LogP contribution is -2.36. The van der Waals surface area contributed by atoms with Gasteiger partial charge < -0.3 is 10.2 Å². The highest BCUT2D eigenvalue weighted by Crippen LogP contribution is 2.09. The van der Waals surface area contributed by atoms with Gasteiger partial charge >= 0.3 is 0 Å². The topological polar surface area (TPSA) is 67.2 Å².